The Balaban J connectivity index is 1.42. The fourth-order valence-electron chi connectivity index (χ4n) is 4.48. The van der Waals surface area contributed by atoms with Crippen molar-refractivity contribution in [1.29, 1.82) is 0 Å². The average Bonchev–Trinajstić information content (AvgIpc) is 3.05. The Morgan fingerprint density at radius 1 is 1.12 bits per heavy atom. The van der Waals surface area contributed by atoms with Crippen LogP contribution in [0.3, 0.4) is 0 Å². The van der Waals surface area contributed by atoms with Crippen molar-refractivity contribution in [2.45, 2.75) is 32.7 Å². The van der Waals surface area contributed by atoms with E-state index in [2.05, 4.69) is 27.0 Å². The molecule has 0 bridgehead atoms. The smallest absolute Gasteiger partial charge is 0.253 e. The number of aromatic nitrogens is 2. The Morgan fingerprint density at radius 3 is 2.77 bits per heavy atom. The SMILES string of the molecule is Cc1cccc(CN2CCCC3(CCN(C(=O)c4ccncc4)C3)C2)n1. The van der Waals surface area contributed by atoms with Gasteiger partial charge in [0.15, 0.2) is 0 Å². The molecule has 2 aromatic heterocycles. The highest BCUT2D eigenvalue weighted by atomic mass is 16.2. The van der Waals surface area contributed by atoms with Crippen molar-refractivity contribution >= 4 is 5.91 Å². The maximum absolute atomic E-state index is 12.8. The molecule has 2 saturated heterocycles. The van der Waals surface area contributed by atoms with E-state index < -0.39 is 0 Å². The van der Waals surface area contributed by atoms with E-state index >= 15 is 0 Å². The zero-order chi connectivity index (χ0) is 18.0. The minimum absolute atomic E-state index is 0.141. The predicted molar refractivity (Wildman–Crippen MR) is 101 cm³/mol. The lowest BCUT2D eigenvalue weighted by molar-refractivity contribution is 0.0672. The van der Waals surface area contributed by atoms with Gasteiger partial charge in [-0.25, -0.2) is 0 Å². The summed E-state index contributed by atoms with van der Waals surface area (Å²) in [5, 5.41) is 0. The van der Waals surface area contributed by atoms with Crippen molar-refractivity contribution in [2.75, 3.05) is 26.2 Å². The lowest BCUT2D eigenvalue weighted by atomic mass is 9.79. The molecule has 2 aliphatic rings. The molecular weight excluding hydrogens is 324 g/mol. The number of amides is 1. The summed E-state index contributed by atoms with van der Waals surface area (Å²) in [6.07, 6.45) is 6.89. The van der Waals surface area contributed by atoms with E-state index in [4.69, 9.17) is 0 Å². The number of pyridine rings is 2. The van der Waals surface area contributed by atoms with Crippen molar-refractivity contribution in [3.63, 3.8) is 0 Å². The minimum atomic E-state index is 0.141. The van der Waals surface area contributed by atoms with Gasteiger partial charge in [0, 0.05) is 55.2 Å². The second kappa shape index (κ2) is 7.16. The summed E-state index contributed by atoms with van der Waals surface area (Å²) in [7, 11) is 0. The first-order valence-corrected chi connectivity index (χ1v) is 9.48. The summed E-state index contributed by atoms with van der Waals surface area (Å²) in [6.45, 7) is 6.85. The van der Waals surface area contributed by atoms with Crippen molar-refractivity contribution in [2.24, 2.45) is 5.41 Å². The first-order chi connectivity index (χ1) is 12.6. The van der Waals surface area contributed by atoms with Gasteiger partial charge >= 0.3 is 0 Å². The Morgan fingerprint density at radius 2 is 1.96 bits per heavy atom. The van der Waals surface area contributed by atoms with Gasteiger partial charge in [0.25, 0.3) is 5.91 Å². The molecule has 2 aromatic rings. The molecule has 1 spiro atoms. The van der Waals surface area contributed by atoms with Crippen LogP contribution in [0.5, 0.6) is 0 Å². The summed E-state index contributed by atoms with van der Waals surface area (Å²) in [5.74, 6) is 0.141. The van der Waals surface area contributed by atoms with Crippen LogP contribution in [0.2, 0.25) is 0 Å². The third-order valence-corrected chi connectivity index (χ3v) is 5.72. The topological polar surface area (TPSA) is 49.3 Å². The fraction of sp³-hybridized carbons (Fsp3) is 0.476. The van der Waals surface area contributed by atoms with Crippen LogP contribution in [-0.4, -0.2) is 51.9 Å². The fourth-order valence-corrected chi connectivity index (χ4v) is 4.48. The van der Waals surface area contributed by atoms with Gasteiger partial charge < -0.3 is 4.90 Å². The first-order valence-electron chi connectivity index (χ1n) is 9.48. The number of likely N-dealkylation sites (tertiary alicyclic amines) is 2. The number of hydrogen-bond donors (Lipinski definition) is 0. The molecule has 0 radical (unpaired) electrons. The maximum Gasteiger partial charge on any atom is 0.253 e. The summed E-state index contributed by atoms with van der Waals surface area (Å²) in [5.41, 5.74) is 3.20. The Kier molecular flexibility index (Phi) is 4.72. The van der Waals surface area contributed by atoms with E-state index in [9.17, 15) is 4.79 Å². The number of rotatable bonds is 3. The van der Waals surface area contributed by atoms with Gasteiger partial charge in [0.05, 0.1) is 5.69 Å². The normalized spacial score (nSPS) is 23.5. The molecule has 4 rings (SSSR count). The lowest BCUT2D eigenvalue weighted by Crippen LogP contribution is -2.45. The zero-order valence-electron chi connectivity index (χ0n) is 15.4. The monoisotopic (exact) mass is 350 g/mol. The second-order valence-electron chi connectivity index (χ2n) is 7.80. The molecule has 5 heteroatoms. The lowest BCUT2D eigenvalue weighted by Gasteiger charge is -2.40. The van der Waals surface area contributed by atoms with Gasteiger partial charge in [-0.05, 0) is 57.0 Å². The maximum atomic E-state index is 12.8. The van der Waals surface area contributed by atoms with Crippen LogP contribution in [-0.2, 0) is 6.54 Å². The van der Waals surface area contributed by atoms with Crippen LogP contribution >= 0.6 is 0 Å². The van der Waals surface area contributed by atoms with Crippen LogP contribution in [0.4, 0.5) is 0 Å². The number of carbonyl (C=O) groups excluding carboxylic acids is 1. The van der Waals surface area contributed by atoms with E-state index in [1.807, 2.05) is 30.0 Å². The van der Waals surface area contributed by atoms with Gasteiger partial charge in [-0.3, -0.25) is 19.7 Å². The molecular formula is C21H26N4O. The minimum Gasteiger partial charge on any atom is -0.338 e. The van der Waals surface area contributed by atoms with E-state index in [1.54, 1.807) is 12.4 Å². The second-order valence-corrected chi connectivity index (χ2v) is 7.80. The van der Waals surface area contributed by atoms with Gasteiger partial charge in [-0.15, -0.1) is 0 Å². The highest BCUT2D eigenvalue weighted by Crippen LogP contribution is 2.39. The standard InChI is InChI=1S/C21H26N4O/c1-17-4-2-5-19(23-17)14-24-12-3-8-21(15-24)9-13-25(16-21)20(26)18-6-10-22-11-7-18/h2,4-7,10-11H,3,8-9,12-16H2,1H3. The molecule has 0 N–H and O–H groups in total. The van der Waals surface area contributed by atoms with Gasteiger partial charge in [0.1, 0.15) is 0 Å². The molecule has 4 heterocycles. The molecule has 26 heavy (non-hydrogen) atoms. The highest BCUT2D eigenvalue weighted by Gasteiger charge is 2.42. The summed E-state index contributed by atoms with van der Waals surface area (Å²) in [4.78, 5) is 26.0. The summed E-state index contributed by atoms with van der Waals surface area (Å²) in [6, 6.07) is 9.86. The number of aryl methyl sites for hydroxylation is 1. The van der Waals surface area contributed by atoms with Crippen LogP contribution in [0.1, 0.15) is 41.0 Å². The summed E-state index contributed by atoms with van der Waals surface area (Å²) < 4.78 is 0. The molecule has 1 atom stereocenters. The molecule has 136 valence electrons. The molecule has 5 nitrogen and oxygen atoms in total. The first kappa shape index (κ1) is 17.2. The molecule has 0 saturated carbocycles. The van der Waals surface area contributed by atoms with Crippen molar-refractivity contribution in [1.82, 2.24) is 19.8 Å². The quantitative estimate of drug-likeness (QED) is 0.854. The predicted octanol–water partition coefficient (Wildman–Crippen LogP) is 2.91. The zero-order valence-corrected chi connectivity index (χ0v) is 15.4. The number of carbonyl (C=O) groups is 1. The third-order valence-electron chi connectivity index (χ3n) is 5.72. The van der Waals surface area contributed by atoms with Crippen LogP contribution in [0.25, 0.3) is 0 Å². The number of piperidine rings is 1. The molecule has 1 unspecified atom stereocenters. The third kappa shape index (κ3) is 3.63. The van der Waals surface area contributed by atoms with Gasteiger partial charge in [-0.2, -0.15) is 0 Å². The Hall–Kier alpha value is -2.27. The number of hydrogen-bond acceptors (Lipinski definition) is 4. The van der Waals surface area contributed by atoms with Gasteiger partial charge in [-0.1, -0.05) is 6.07 Å². The average molecular weight is 350 g/mol. The van der Waals surface area contributed by atoms with Crippen LogP contribution in [0, 0.1) is 12.3 Å². The number of nitrogens with zero attached hydrogens (tertiary/aromatic N) is 4. The van der Waals surface area contributed by atoms with Crippen molar-refractivity contribution in [3.05, 3.63) is 59.7 Å². The molecule has 1 amide bonds. The van der Waals surface area contributed by atoms with Crippen molar-refractivity contribution < 1.29 is 4.79 Å². The van der Waals surface area contributed by atoms with Crippen LogP contribution < -0.4 is 0 Å². The van der Waals surface area contributed by atoms with E-state index in [1.165, 1.54) is 12.8 Å². The van der Waals surface area contributed by atoms with Gasteiger partial charge in [0.2, 0.25) is 0 Å². The van der Waals surface area contributed by atoms with E-state index in [0.717, 1.165) is 56.1 Å². The summed E-state index contributed by atoms with van der Waals surface area (Å²) >= 11 is 0. The Labute approximate surface area is 155 Å². The largest absolute Gasteiger partial charge is 0.338 e. The molecule has 0 aromatic carbocycles. The highest BCUT2D eigenvalue weighted by molar-refractivity contribution is 5.94. The van der Waals surface area contributed by atoms with Crippen LogP contribution in [0.15, 0.2) is 42.7 Å². The molecule has 2 aliphatic heterocycles. The molecule has 2 fully saturated rings. The Bertz CT molecular complexity index is 779. The van der Waals surface area contributed by atoms with Crippen molar-refractivity contribution in [3.8, 4) is 0 Å². The molecule has 0 aliphatic carbocycles. The van der Waals surface area contributed by atoms with E-state index in [0.29, 0.717) is 0 Å². The van der Waals surface area contributed by atoms with E-state index in [-0.39, 0.29) is 11.3 Å².